The van der Waals surface area contributed by atoms with Crippen molar-refractivity contribution in [2.24, 2.45) is 0 Å². The summed E-state index contributed by atoms with van der Waals surface area (Å²) in [7, 11) is 1.62. The van der Waals surface area contributed by atoms with E-state index in [9.17, 15) is 9.59 Å². The average molecular weight is 421 g/mol. The van der Waals surface area contributed by atoms with Gasteiger partial charge in [0.2, 0.25) is 0 Å². The summed E-state index contributed by atoms with van der Waals surface area (Å²) in [5.74, 6) is 0.0108. The molecule has 2 heterocycles. The number of aromatic nitrogens is 1. The average Bonchev–Trinajstić information content (AvgIpc) is 3.31. The number of benzene rings is 2. The second-order valence-electron chi connectivity index (χ2n) is 6.54. The van der Waals surface area contributed by atoms with E-state index in [1.807, 2.05) is 41.8 Å². The van der Waals surface area contributed by atoms with Gasteiger partial charge in [0.15, 0.2) is 5.13 Å². The quantitative estimate of drug-likeness (QED) is 0.580. The Balaban J connectivity index is 1.30. The molecule has 0 radical (unpaired) electrons. The van der Waals surface area contributed by atoms with Gasteiger partial charge < -0.3 is 14.8 Å². The van der Waals surface area contributed by atoms with Crippen molar-refractivity contribution in [2.45, 2.75) is 6.61 Å². The number of ether oxygens (including phenoxy) is 2. The fraction of sp³-hybridized carbons (Fsp3) is 0.136. The number of thiazole rings is 1. The number of hydrogen-bond donors (Lipinski definition) is 1. The Morgan fingerprint density at radius 1 is 1.17 bits per heavy atom. The molecule has 0 unspecified atom stereocenters. The van der Waals surface area contributed by atoms with Crippen molar-refractivity contribution in [1.82, 2.24) is 9.88 Å². The van der Waals surface area contributed by atoms with Gasteiger partial charge in [0, 0.05) is 27.9 Å². The Kier molecular flexibility index (Phi) is 5.49. The largest absolute Gasteiger partial charge is 0.497 e. The molecule has 7 nitrogen and oxygen atoms in total. The molecule has 0 atom stereocenters. The molecule has 2 aromatic carbocycles. The van der Waals surface area contributed by atoms with E-state index >= 15 is 0 Å². The summed E-state index contributed by atoms with van der Waals surface area (Å²) in [5.41, 5.74) is 3.29. The summed E-state index contributed by atoms with van der Waals surface area (Å²) in [5, 5.41) is 5.69. The first-order valence-electron chi connectivity index (χ1n) is 9.16. The SMILES string of the molecule is C=C1c2ccccc2C(=O)N1CC(=O)OCc1csc(Nc2ccc(OC)cc2)n1. The molecule has 8 heteroatoms. The summed E-state index contributed by atoms with van der Waals surface area (Å²) < 4.78 is 10.4. The summed E-state index contributed by atoms with van der Waals surface area (Å²) in [6.07, 6.45) is 0. The molecule has 0 spiro atoms. The number of carbonyl (C=O) groups is 2. The predicted octanol–water partition coefficient (Wildman–Crippen LogP) is 4.07. The van der Waals surface area contributed by atoms with Crippen molar-refractivity contribution >= 4 is 39.7 Å². The van der Waals surface area contributed by atoms with E-state index in [4.69, 9.17) is 9.47 Å². The Hall–Kier alpha value is -3.65. The molecule has 152 valence electrons. The van der Waals surface area contributed by atoms with Crippen molar-refractivity contribution in [3.05, 3.63) is 77.3 Å². The van der Waals surface area contributed by atoms with Gasteiger partial charge in [-0.15, -0.1) is 11.3 Å². The number of rotatable bonds is 7. The second-order valence-corrected chi connectivity index (χ2v) is 7.40. The number of nitrogens with one attached hydrogen (secondary N) is 1. The van der Waals surface area contributed by atoms with Crippen LogP contribution in [0, 0.1) is 0 Å². The lowest BCUT2D eigenvalue weighted by molar-refractivity contribution is -0.145. The molecule has 0 saturated heterocycles. The number of carbonyl (C=O) groups excluding carboxylic acids is 2. The van der Waals surface area contributed by atoms with Crippen LogP contribution in [0.15, 0.2) is 60.5 Å². The third-order valence-corrected chi connectivity index (χ3v) is 5.41. The molecule has 0 saturated carbocycles. The maximum atomic E-state index is 12.5. The van der Waals surface area contributed by atoms with Gasteiger partial charge >= 0.3 is 5.97 Å². The van der Waals surface area contributed by atoms with Crippen LogP contribution in [0.3, 0.4) is 0 Å². The van der Waals surface area contributed by atoms with Crippen LogP contribution in [0.5, 0.6) is 5.75 Å². The first-order valence-corrected chi connectivity index (χ1v) is 10.0. The summed E-state index contributed by atoms with van der Waals surface area (Å²) >= 11 is 1.41. The van der Waals surface area contributed by atoms with E-state index in [-0.39, 0.29) is 19.1 Å². The number of anilines is 2. The Morgan fingerprint density at radius 3 is 2.60 bits per heavy atom. The lowest BCUT2D eigenvalue weighted by Gasteiger charge is -2.16. The van der Waals surface area contributed by atoms with Crippen LogP contribution in [0.4, 0.5) is 10.8 Å². The number of amides is 1. The van der Waals surface area contributed by atoms with Crippen LogP contribution in [0.25, 0.3) is 5.70 Å². The molecule has 0 fully saturated rings. The zero-order chi connectivity index (χ0) is 21.1. The van der Waals surface area contributed by atoms with Crippen LogP contribution in [0.1, 0.15) is 21.6 Å². The summed E-state index contributed by atoms with van der Waals surface area (Å²) in [4.78, 5) is 30.5. The monoisotopic (exact) mass is 421 g/mol. The highest BCUT2D eigenvalue weighted by Crippen LogP contribution is 2.31. The molecular formula is C22H19N3O4S. The summed E-state index contributed by atoms with van der Waals surface area (Å²) in [6.45, 7) is 3.77. The van der Waals surface area contributed by atoms with E-state index in [0.29, 0.717) is 22.1 Å². The first-order chi connectivity index (χ1) is 14.5. The highest BCUT2D eigenvalue weighted by atomic mass is 32.1. The highest BCUT2D eigenvalue weighted by Gasteiger charge is 2.32. The van der Waals surface area contributed by atoms with Crippen molar-refractivity contribution in [3.63, 3.8) is 0 Å². The van der Waals surface area contributed by atoms with E-state index in [1.54, 1.807) is 19.2 Å². The van der Waals surface area contributed by atoms with E-state index < -0.39 is 5.97 Å². The van der Waals surface area contributed by atoms with Crippen LogP contribution >= 0.6 is 11.3 Å². The molecule has 1 N–H and O–H groups in total. The van der Waals surface area contributed by atoms with E-state index in [0.717, 1.165) is 17.0 Å². The fourth-order valence-electron chi connectivity index (χ4n) is 3.06. The minimum atomic E-state index is -0.519. The Labute approximate surface area is 177 Å². The standard InChI is InChI=1S/C22H19N3O4S/c1-14-18-5-3-4-6-19(18)21(27)25(14)11-20(26)29-12-16-13-30-22(24-16)23-15-7-9-17(28-2)10-8-15/h3-10,13H,1,11-12H2,2H3,(H,23,24). The van der Waals surface area contributed by atoms with Gasteiger partial charge in [-0.05, 0) is 30.3 Å². The highest BCUT2D eigenvalue weighted by molar-refractivity contribution is 7.13. The molecular weight excluding hydrogens is 402 g/mol. The van der Waals surface area contributed by atoms with Crippen molar-refractivity contribution in [3.8, 4) is 5.75 Å². The van der Waals surface area contributed by atoms with Crippen LogP contribution in [0.2, 0.25) is 0 Å². The minimum absolute atomic E-state index is 0.0289. The topological polar surface area (TPSA) is 80.8 Å². The molecule has 1 aliphatic heterocycles. The van der Waals surface area contributed by atoms with Gasteiger partial charge in [-0.2, -0.15) is 0 Å². The van der Waals surface area contributed by atoms with Gasteiger partial charge in [0.25, 0.3) is 5.91 Å². The van der Waals surface area contributed by atoms with Crippen molar-refractivity contribution in [1.29, 1.82) is 0 Å². The lowest BCUT2D eigenvalue weighted by Crippen LogP contribution is -2.30. The Bertz CT molecular complexity index is 1070. The van der Waals surface area contributed by atoms with Gasteiger partial charge in [0.05, 0.1) is 12.8 Å². The first kappa shape index (κ1) is 19.7. The number of esters is 1. The molecule has 1 aliphatic rings. The Morgan fingerprint density at radius 2 is 1.90 bits per heavy atom. The zero-order valence-electron chi connectivity index (χ0n) is 16.3. The maximum Gasteiger partial charge on any atom is 0.326 e. The number of hydrogen-bond acceptors (Lipinski definition) is 7. The van der Waals surface area contributed by atoms with Gasteiger partial charge in [0.1, 0.15) is 18.9 Å². The third kappa shape index (κ3) is 4.04. The molecule has 30 heavy (non-hydrogen) atoms. The molecule has 1 aromatic heterocycles. The maximum absolute atomic E-state index is 12.5. The molecule has 0 aliphatic carbocycles. The molecule has 3 aromatic rings. The minimum Gasteiger partial charge on any atom is -0.497 e. The third-order valence-electron chi connectivity index (χ3n) is 4.60. The molecule has 0 bridgehead atoms. The van der Waals surface area contributed by atoms with Crippen molar-refractivity contribution in [2.75, 3.05) is 19.0 Å². The fourth-order valence-corrected chi connectivity index (χ4v) is 3.77. The van der Waals surface area contributed by atoms with Crippen LogP contribution in [-0.4, -0.2) is 35.4 Å². The van der Waals surface area contributed by atoms with Crippen LogP contribution < -0.4 is 10.1 Å². The molecule has 4 rings (SSSR count). The van der Waals surface area contributed by atoms with E-state index in [1.165, 1.54) is 16.2 Å². The van der Waals surface area contributed by atoms with Crippen LogP contribution in [-0.2, 0) is 16.1 Å². The number of nitrogens with zero attached hydrogens (tertiary/aromatic N) is 2. The zero-order valence-corrected chi connectivity index (χ0v) is 17.1. The van der Waals surface area contributed by atoms with Gasteiger partial charge in [-0.25, -0.2) is 4.98 Å². The predicted molar refractivity (Wildman–Crippen MR) is 115 cm³/mol. The lowest BCUT2D eigenvalue weighted by atomic mass is 10.1. The smallest absolute Gasteiger partial charge is 0.326 e. The van der Waals surface area contributed by atoms with E-state index in [2.05, 4.69) is 16.9 Å². The van der Waals surface area contributed by atoms with Gasteiger partial charge in [-0.1, -0.05) is 24.8 Å². The number of fused-ring (bicyclic) bond motifs is 1. The normalized spacial score (nSPS) is 12.6. The van der Waals surface area contributed by atoms with Crippen molar-refractivity contribution < 1.29 is 19.1 Å². The van der Waals surface area contributed by atoms with Gasteiger partial charge in [-0.3, -0.25) is 14.5 Å². The summed E-state index contributed by atoms with van der Waals surface area (Å²) in [6, 6.07) is 14.6. The molecule has 1 amide bonds. The number of methoxy groups -OCH3 is 1. The second kappa shape index (κ2) is 8.38.